The fourth-order valence-corrected chi connectivity index (χ4v) is 4.67. The second-order valence-corrected chi connectivity index (χ2v) is 6.95. The molecular formula is C14H16N2S2. The minimum Gasteiger partial charge on any atom is -0.271 e. The van der Waals surface area contributed by atoms with Crippen LogP contribution in [0.3, 0.4) is 0 Å². The molecule has 0 amide bonds. The van der Waals surface area contributed by atoms with Crippen LogP contribution in [0.1, 0.15) is 22.0 Å². The minimum atomic E-state index is 0.230. The summed E-state index contributed by atoms with van der Waals surface area (Å²) in [7, 11) is 0. The Morgan fingerprint density at radius 1 is 1.33 bits per heavy atom. The molecule has 0 spiro atoms. The zero-order valence-corrected chi connectivity index (χ0v) is 11.9. The molecule has 2 aromatic rings. The first-order chi connectivity index (χ1) is 8.79. The zero-order valence-electron chi connectivity index (χ0n) is 10.2. The van der Waals surface area contributed by atoms with E-state index in [1.54, 1.807) is 11.3 Å². The van der Waals surface area contributed by atoms with Crippen molar-refractivity contribution in [3.63, 3.8) is 0 Å². The van der Waals surface area contributed by atoms with Gasteiger partial charge in [0.1, 0.15) is 0 Å². The van der Waals surface area contributed by atoms with Gasteiger partial charge in [-0.05, 0) is 42.0 Å². The van der Waals surface area contributed by atoms with Crippen molar-refractivity contribution in [2.24, 2.45) is 5.84 Å². The van der Waals surface area contributed by atoms with Crippen molar-refractivity contribution in [2.75, 3.05) is 0 Å². The Morgan fingerprint density at radius 2 is 2.17 bits per heavy atom. The van der Waals surface area contributed by atoms with Crippen molar-refractivity contribution in [1.29, 1.82) is 0 Å². The summed E-state index contributed by atoms with van der Waals surface area (Å²) >= 11 is 3.72. The molecule has 1 aliphatic heterocycles. The molecule has 0 bridgehead atoms. The van der Waals surface area contributed by atoms with Crippen LogP contribution in [0.2, 0.25) is 0 Å². The second-order valence-electron chi connectivity index (χ2n) is 4.54. The van der Waals surface area contributed by atoms with Crippen molar-refractivity contribution in [3.05, 3.63) is 51.7 Å². The van der Waals surface area contributed by atoms with E-state index in [0.29, 0.717) is 5.25 Å². The predicted octanol–water partition coefficient (Wildman–Crippen LogP) is 3.28. The first-order valence-electron chi connectivity index (χ1n) is 6.04. The smallest absolute Gasteiger partial charge is 0.0596 e. The standard InChI is InChI=1S/C14H16N2S2/c1-9-11(6-7-17-9)14(16-15)13-8-10-4-2-3-5-12(10)18-13/h2-7,13-14,16H,8,15H2,1H3. The fraction of sp³-hybridized carbons (Fsp3) is 0.286. The fourth-order valence-electron chi connectivity index (χ4n) is 2.51. The van der Waals surface area contributed by atoms with Crippen molar-refractivity contribution in [1.82, 2.24) is 5.43 Å². The third kappa shape index (κ3) is 2.10. The van der Waals surface area contributed by atoms with E-state index in [9.17, 15) is 0 Å². The SMILES string of the molecule is Cc1sccc1C(NN)C1Cc2ccccc2S1. The van der Waals surface area contributed by atoms with Gasteiger partial charge in [0.25, 0.3) is 0 Å². The van der Waals surface area contributed by atoms with E-state index in [1.807, 2.05) is 11.8 Å². The molecular weight excluding hydrogens is 260 g/mol. The van der Waals surface area contributed by atoms with E-state index in [4.69, 9.17) is 5.84 Å². The van der Waals surface area contributed by atoms with Gasteiger partial charge in [-0.2, -0.15) is 0 Å². The van der Waals surface area contributed by atoms with Gasteiger partial charge in [-0.15, -0.1) is 23.1 Å². The Balaban J connectivity index is 1.86. The summed E-state index contributed by atoms with van der Waals surface area (Å²) in [5.74, 6) is 5.79. The van der Waals surface area contributed by atoms with Crippen LogP contribution in [0.4, 0.5) is 0 Å². The number of hydrogen-bond donors (Lipinski definition) is 2. The molecule has 94 valence electrons. The molecule has 1 aromatic heterocycles. The first-order valence-corrected chi connectivity index (χ1v) is 7.80. The van der Waals surface area contributed by atoms with Crippen LogP contribution < -0.4 is 11.3 Å². The van der Waals surface area contributed by atoms with Gasteiger partial charge in [-0.3, -0.25) is 11.3 Å². The number of hydrogen-bond acceptors (Lipinski definition) is 4. The maximum absolute atomic E-state index is 5.79. The summed E-state index contributed by atoms with van der Waals surface area (Å²) in [6.45, 7) is 2.16. The number of fused-ring (bicyclic) bond motifs is 1. The molecule has 2 nitrogen and oxygen atoms in total. The van der Waals surface area contributed by atoms with Gasteiger partial charge in [-0.25, -0.2) is 0 Å². The van der Waals surface area contributed by atoms with E-state index in [2.05, 4.69) is 48.1 Å². The highest BCUT2D eigenvalue weighted by Crippen LogP contribution is 2.43. The van der Waals surface area contributed by atoms with E-state index in [1.165, 1.54) is 20.9 Å². The van der Waals surface area contributed by atoms with Gasteiger partial charge < -0.3 is 0 Å². The lowest BCUT2D eigenvalue weighted by Crippen LogP contribution is -2.35. The van der Waals surface area contributed by atoms with Crippen molar-refractivity contribution < 1.29 is 0 Å². The highest BCUT2D eigenvalue weighted by Gasteiger charge is 2.30. The lowest BCUT2D eigenvalue weighted by Gasteiger charge is -2.22. The Labute approximate surface area is 116 Å². The van der Waals surface area contributed by atoms with Gasteiger partial charge >= 0.3 is 0 Å². The summed E-state index contributed by atoms with van der Waals surface area (Å²) < 4.78 is 0. The van der Waals surface area contributed by atoms with Crippen LogP contribution >= 0.6 is 23.1 Å². The first kappa shape index (κ1) is 12.2. The van der Waals surface area contributed by atoms with E-state index >= 15 is 0 Å². The van der Waals surface area contributed by atoms with Gasteiger partial charge in [0, 0.05) is 15.0 Å². The Hall–Kier alpha value is -0.810. The van der Waals surface area contributed by atoms with E-state index < -0.39 is 0 Å². The van der Waals surface area contributed by atoms with Crippen LogP contribution in [0.25, 0.3) is 0 Å². The third-order valence-electron chi connectivity index (χ3n) is 3.46. The van der Waals surface area contributed by atoms with E-state index in [0.717, 1.165) is 6.42 Å². The Bertz CT molecular complexity index is 525. The normalized spacial score (nSPS) is 19.8. The van der Waals surface area contributed by atoms with Crippen molar-refractivity contribution >= 4 is 23.1 Å². The average molecular weight is 276 g/mol. The number of thioether (sulfide) groups is 1. The molecule has 2 heterocycles. The minimum absolute atomic E-state index is 0.230. The number of hydrazine groups is 1. The molecule has 2 atom stereocenters. The molecule has 0 fully saturated rings. The second kappa shape index (κ2) is 5.05. The lowest BCUT2D eigenvalue weighted by molar-refractivity contribution is 0.532. The van der Waals surface area contributed by atoms with Gasteiger partial charge in [0.2, 0.25) is 0 Å². The maximum Gasteiger partial charge on any atom is 0.0596 e. The summed E-state index contributed by atoms with van der Waals surface area (Å²) in [4.78, 5) is 2.75. The molecule has 1 aliphatic rings. The van der Waals surface area contributed by atoms with Gasteiger partial charge in [0.15, 0.2) is 0 Å². The zero-order chi connectivity index (χ0) is 12.5. The van der Waals surface area contributed by atoms with Gasteiger partial charge in [-0.1, -0.05) is 18.2 Å². The molecule has 0 aliphatic carbocycles. The number of nitrogens with one attached hydrogen (secondary N) is 1. The van der Waals surface area contributed by atoms with Crippen LogP contribution in [-0.2, 0) is 6.42 Å². The van der Waals surface area contributed by atoms with Gasteiger partial charge in [0.05, 0.1) is 6.04 Å². The molecule has 0 radical (unpaired) electrons. The quantitative estimate of drug-likeness (QED) is 0.667. The molecule has 3 rings (SSSR count). The number of benzene rings is 1. The van der Waals surface area contributed by atoms with Crippen LogP contribution in [0.5, 0.6) is 0 Å². The highest BCUT2D eigenvalue weighted by molar-refractivity contribution is 8.00. The monoisotopic (exact) mass is 276 g/mol. The molecule has 18 heavy (non-hydrogen) atoms. The number of aryl methyl sites for hydroxylation is 1. The van der Waals surface area contributed by atoms with Crippen LogP contribution in [0.15, 0.2) is 40.6 Å². The van der Waals surface area contributed by atoms with Crippen molar-refractivity contribution in [3.8, 4) is 0 Å². The maximum atomic E-state index is 5.79. The largest absolute Gasteiger partial charge is 0.271 e. The molecule has 4 heteroatoms. The predicted molar refractivity (Wildman–Crippen MR) is 78.9 cm³/mol. The Kier molecular flexibility index (Phi) is 3.43. The van der Waals surface area contributed by atoms with Crippen LogP contribution in [0, 0.1) is 6.92 Å². The highest BCUT2D eigenvalue weighted by atomic mass is 32.2. The lowest BCUT2D eigenvalue weighted by atomic mass is 10.00. The number of rotatable bonds is 3. The summed E-state index contributed by atoms with van der Waals surface area (Å²) in [5.41, 5.74) is 5.79. The molecule has 1 aromatic carbocycles. The molecule has 0 saturated carbocycles. The third-order valence-corrected chi connectivity index (χ3v) is 5.71. The molecule has 2 unspecified atom stereocenters. The number of thiophene rings is 1. The van der Waals surface area contributed by atoms with Crippen LogP contribution in [-0.4, -0.2) is 5.25 Å². The van der Waals surface area contributed by atoms with E-state index in [-0.39, 0.29) is 6.04 Å². The number of nitrogens with two attached hydrogens (primary N) is 1. The Morgan fingerprint density at radius 3 is 2.83 bits per heavy atom. The van der Waals surface area contributed by atoms with Crippen molar-refractivity contribution in [2.45, 2.75) is 29.5 Å². The molecule has 3 N–H and O–H groups in total. The molecule has 0 saturated heterocycles. The summed E-state index contributed by atoms with van der Waals surface area (Å²) in [6.07, 6.45) is 1.09. The summed E-state index contributed by atoms with van der Waals surface area (Å²) in [6, 6.07) is 11.1. The average Bonchev–Trinajstić information content (AvgIpc) is 2.97. The topological polar surface area (TPSA) is 38.0 Å². The summed E-state index contributed by atoms with van der Waals surface area (Å²) in [5, 5.41) is 2.63.